The largest absolute Gasteiger partial charge is 1.00 e. The topological polar surface area (TPSA) is 49.7 Å². The van der Waals surface area contributed by atoms with Crippen LogP contribution in [0.4, 0.5) is 0 Å². The summed E-state index contributed by atoms with van der Waals surface area (Å²) in [6.45, 7) is -0.364. The van der Waals surface area contributed by atoms with Crippen molar-refractivity contribution in [1.29, 1.82) is 0 Å². The minimum absolute atomic E-state index is 0. The third-order valence-corrected chi connectivity index (χ3v) is 0.840. The molecule has 0 heterocycles. The molecule has 0 radical (unpaired) electrons. The SMILES string of the molecule is OCC(O)COC(=S)[S-].[Na+]. The van der Waals surface area contributed by atoms with Crippen LogP contribution < -0.4 is 29.6 Å². The molecule has 2 N–H and O–H groups in total. The molecule has 10 heavy (non-hydrogen) atoms. The van der Waals surface area contributed by atoms with E-state index in [4.69, 9.17) is 10.2 Å². The predicted molar refractivity (Wildman–Crippen MR) is 39.0 cm³/mol. The summed E-state index contributed by atoms with van der Waals surface area (Å²) in [5, 5.41) is 16.9. The Morgan fingerprint density at radius 2 is 2.20 bits per heavy atom. The van der Waals surface area contributed by atoms with Crippen LogP contribution in [-0.4, -0.2) is 33.9 Å². The van der Waals surface area contributed by atoms with E-state index in [0.29, 0.717) is 0 Å². The van der Waals surface area contributed by atoms with Gasteiger partial charge in [0, 0.05) is 4.38 Å². The molecular weight excluding hydrogens is 183 g/mol. The van der Waals surface area contributed by atoms with Gasteiger partial charge in [0.2, 0.25) is 0 Å². The van der Waals surface area contributed by atoms with Gasteiger partial charge in [0.15, 0.2) is 0 Å². The molecule has 0 aromatic heterocycles. The van der Waals surface area contributed by atoms with E-state index in [2.05, 4.69) is 29.6 Å². The van der Waals surface area contributed by atoms with Crippen molar-refractivity contribution >= 4 is 29.2 Å². The van der Waals surface area contributed by atoms with Gasteiger partial charge in [-0.15, -0.1) is 0 Å². The molecule has 0 spiro atoms. The Kier molecular flexibility index (Phi) is 11.1. The molecule has 0 saturated heterocycles. The second-order valence-electron chi connectivity index (χ2n) is 1.40. The van der Waals surface area contributed by atoms with Gasteiger partial charge in [-0.3, -0.25) is 0 Å². The van der Waals surface area contributed by atoms with Crippen molar-refractivity contribution in [3.8, 4) is 0 Å². The van der Waals surface area contributed by atoms with Gasteiger partial charge >= 0.3 is 29.6 Å². The van der Waals surface area contributed by atoms with Crippen LogP contribution in [0.15, 0.2) is 0 Å². The average molecular weight is 190 g/mol. The van der Waals surface area contributed by atoms with Crippen molar-refractivity contribution in [1.82, 2.24) is 0 Å². The Morgan fingerprint density at radius 1 is 1.70 bits per heavy atom. The molecule has 0 fully saturated rings. The van der Waals surface area contributed by atoms with E-state index in [1.165, 1.54) is 0 Å². The molecular formula is C4H7NaO3S2. The fraction of sp³-hybridized carbons (Fsp3) is 0.750. The smallest absolute Gasteiger partial charge is 0.511 e. The zero-order valence-corrected chi connectivity index (χ0v) is 9.24. The summed E-state index contributed by atoms with van der Waals surface area (Å²) in [5.74, 6) is 0. The van der Waals surface area contributed by atoms with Crippen LogP contribution in [0, 0.1) is 0 Å². The summed E-state index contributed by atoms with van der Waals surface area (Å²) in [6.07, 6.45) is -0.883. The second-order valence-corrected chi connectivity index (χ2v) is 2.40. The molecule has 0 aliphatic heterocycles. The third-order valence-electron chi connectivity index (χ3n) is 0.604. The minimum atomic E-state index is -0.883. The summed E-state index contributed by atoms with van der Waals surface area (Å²) in [7, 11) is 0. The quantitative estimate of drug-likeness (QED) is 0.271. The zero-order chi connectivity index (χ0) is 7.28. The summed E-state index contributed by atoms with van der Waals surface area (Å²) in [6, 6.07) is 0. The first-order chi connectivity index (χ1) is 4.16. The molecule has 3 nitrogen and oxygen atoms in total. The molecule has 0 aliphatic rings. The molecule has 0 amide bonds. The zero-order valence-electron chi connectivity index (χ0n) is 5.61. The number of hydrogen-bond donors (Lipinski definition) is 2. The van der Waals surface area contributed by atoms with Crippen LogP contribution in [0.3, 0.4) is 0 Å². The normalized spacial score (nSPS) is 11.4. The van der Waals surface area contributed by atoms with Crippen LogP contribution in [0.2, 0.25) is 0 Å². The second kappa shape index (κ2) is 8.13. The number of aliphatic hydroxyl groups is 2. The van der Waals surface area contributed by atoms with Gasteiger partial charge in [0.05, 0.1) is 6.61 Å². The van der Waals surface area contributed by atoms with Crippen molar-refractivity contribution in [2.45, 2.75) is 6.10 Å². The Morgan fingerprint density at radius 3 is 2.50 bits per heavy atom. The van der Waals surface area contributed by atoms with Gasteiger partial charge in [0.25, 0.3) is 0 Å². The number of thiocarbonyl (C=S) groups is 1. The van der Waals surface area contributed by atoms with Gasteiger partial charge in [-0.1, -0.05) is 0 Å². The van der Waals surface area contributed by atoms with Crippen LogP contribution in [0.1, 0.15) is 0 Å². The van der Waals surface area contributed by atoms with E-state index in [1.54, 1.807) is 0 Å². The fourth-order valence-electron chi connectivity index (χ4n) is 0.217. The first-order valence-electron chi connectivity index (χ1n) is 2.29. The maximum atomic E-state index is 8.63. The van der Waals surface area contributed by atoms with Crippen molar-refractivity contribution < 1.29 is 44.5 Å². The molecule has 6 heteroatoms. The third kappa shape index (κ3) is 9.03. The summed E-state index contributed by atoms with van der Waals surface area (Å²) in [5.41, 5.74) is 0. The Balaban J connectivity index is 0. The first kappa shape index (κ1) is 13.6. The van der Waals surface area contributed by atoms with Crippen molar-refractivity contribution in [3.63, 3.8) is 0 Å². The Bertz CT molecular complexity index is 101. The summed E-state index contributed by atoms with van der Waals surface area (Å²) in [4.78, 5) is 0. The van der Waals surface area contributed by atoms with Crippen LogP contribution in [-0.2, 0) is 17.4 Å². The van der Waals surface area contributed by atoms with Crippen LogP contribution in [0.5, 0.6) is 0 Å². The molecule has 0 aliphatic carbocycles. The van der Waals surface area contributed by atoms with Gasteiger partial charge in [-0.2, -0.15) is 0 Å². The fourth-order valence-corrected chi connectivity index (χ4v) is 0.353. The van der Waals surface area contributed by atoms with Crippen molar-refractivity contribution in [2.75, 3.05) is 13.2 Å². The molecule has 0 aromatic rings. The van der Waals surface area contributed by atoms with E-state index >= 15 is 0 Å². The average Bonchev–Trinajstić information content (AvgIpc) is 1.83. The van der Waals surface area contributed by atoms with E-state index < -0.39 is 6.10 Å². The molecule has 1 atom stereocenters. The van der Waals surface area contributed by atoms with E-state index in [0.717, 1.165) is 0 Å². The van der Waals surface area contributed by atoms with Gasteiger partial charge in [-0.25, -0.2) is 0 Å². The molecule has 0 saturated carbocycles. The van der Waals surface area contributed by atoms with Gasteiger partial charge in [0.1, 0.15) is 12.7 Å². The number of hydrogen-bond acceptors (Lipinski definition) is 5. The first-order valence-corrected chi connectivity index (χ1v) is 3.11. The number of rotatable bonds is 3. The Labute approximate surface area is 92.5 Å². The summed E-state index contributed by atoms with van der Waals surface area (Å²) < 4.78 is 4.49. The van der Waals surface area contributed by atoms with Crippen LogP contribution in [0.25, 0.3) is 0 Å². The molecule has 0 rings (SSSR count). The van der Waals surface area contributed by atoms with E-state index in [9.17, 15) is 0 Å². The summed E-state index contributed by atoms with van der Waals surface area (Å²) >= 11 is 8.72. The Hall–Kier alpha value is 1.03. The van der Waals surface area contributed by atoms with Crippen molar-refractivity contribution in [2.24, 2.45) is 0 Å². The molecule has 54 valence electrons. The predicted octanol–water partition coefficient (Wildman–Crippen LogP) is -3.81. The standard InChI is InChI=1S/C4H8O3S2.Na/c5-1-3(6)2-7-4(8)9;/h3,5-6H,1-2H2,(H,8,9);/q;+1/p-1. The number of aliphatic hydroxyl groups excluding tert-OH is 2. The van der Waals surface area contributed by atoms with E-state index in [-0.39, 0.29) is 47.2 Å². The van der Waals surface area contributed by atoms with Gasteiger partial charge in [-0.05, 0) is 0 Å². The van der Waals surface area contributed by atoms with E-state index in [1.807, 2.05) is 0 Å². The molecule has 1 unspecified atom stereocenters. The molecule has 0 bridgehead atoms. The minimum Gasteiger partial charge on any atom is -0.511 e. The van der Waals surface area contributed by atoms with Crippen LogP contribution >= 0.6 is 12.2 Å². The monoisotopic (exact) mass is 190 g/mol. The number of ether oxygens (including phenoxy) is 1. The molecule has 0 aromatic carbocycles. The maximum absolute atomic E-state index is 8.63. The van der Waals surface area contributed by atoms with Gasteiger partial charge < -0.3 is 39.8 Å². The maximum Gasteiger partial charge on any atom is 1.00 e. The van der Waals surface area contributed by atoms with Crippen molar-refractivity contribution in [3.05, 3.63) is 0 Å².